The van der Waals surface area contributed by atoms with E-state index in [0.29, 0.717) is 0 Å². The number of carboxylic acids is 2. The number of aliphatic carboxylic acids is 2. The predicted molar refractivity (Wildman–Crippen MR) is 67.1 cm³/mol. The van der Waals surface area contributed by atoms with E-state index in [1.807, 2.05) is 0 Å². The summed E-state index contributed by atoms with van der Waals surface area (Å²) in [6, 6.07) is 1.85. The summed E-state index contributed by atoms with van der Waals surface area (Å²) in [5.41, 5.74) is -0.339. The van der Waals surface area contributed by atoms with E-state index in [2.05, 4.69) is 0 Å². The van der Waals surface area contributed by atoms with Crippen LogP contribution in [-0.4, -0.2) is 41.5 Å². The van der Waals surface area contributed by atoms with E-state index in [-0.39, 0.29) is 5.69 Å². The van der Waals surface area contributed by atoms with Crippen LogP contribution in [0.15, 0.2) is 29.2 Å². The summed E-state index contributed by atoms with van der Waals surface area (Å²) in [6.45, 7) is 0. The molecule has 0 aliphatic rings. The van der Waals surface area contributed by atoms with Crippen LogP contribution in [0.4, 0.5) is 5.69 Å². The van der Waals surface area contributed by atoms with Gasteiger partial charge in [-0.3, -0.25) is 19.7 Å². The minimum Gasteiger partial charge on any atom is -0.481 e. The minimum absolute atomic E-state index is 0.339. The third-order valence-corrected chi connectivity index (χ3v) is 3.82. The molecule has 0 aliphatic heterocycles. The highest BCUT2D eigenvalue weighted by atomic mass is 32.2. The number of nitro groups is 1. The van der Waals surface area contributed by atoms with Gasteiger partial charge in [0.05, 0.1) is 16.2 Å². The van der Waals surface area contributed by atoms with Crippen molar-refractivity contribution in [3.05, 3.63) is 34.4 Å². The van der Waals surface area contributed by atoms with E-state index in [0.717, 1.165) is 24.3 Å². The minimum atomic E-state index is -4.31. The van der Waals surface area contributed by atoms with Gasteiger partial charge in [0.25, 0.3) is 5.69 Å². The van der Waals surface area contributed by atoms with Gasteiger partial charge in [-0.2, -0.15) is 4.72 Å². The van der Waals surface area contributed by atoms with E-state index in [9.17, 15) is 28.1 Å². The molecule has 10 nitrogen and oxygen atoms in total. The highest BCUT2D eigenvalue weighted by Crippen LogP contribution is 2.16. The Kier molecular flexibility index (Phi) is 4.94. The van der Waals surface area contributed by atoms with E-state index in [4.69, 9.17) is 10.2 Å². The van der Waals surface area contributed by atoms with Crippen LogP contribution in [-0.2, 0) is 19.6 Å². The Morgan fingerprint density at radius 1 is 1.24 bits per heavy atom. The number of hydrogen-bond donors (Lipinski definition) is 3. The van der Waals surface area contributed by atoms with Crippen LogP contribution in [0.2, 0.25) is 0 Å². The average molecular weight is 318 g/mol. The molecule has 11 heteroatoms. The molecule has 1 atom stereocenters. The van der Waals surface area contributed by atoms with Crippen molar-refractivity contribution < 1.29 is 33.1 Å². The maximum Gasteiger partial charge on any atom is 0.322 e. The molecule has 0 spiro atoms. The molecule has 0 saturated carbocycles. The van der Waals surface area contributed by atoms with Crippen LogP contribution in [0.1, 0.15) is 6.42 Å². The number of nitrogens with zero attached hydrogens (tertiary/aromatic N) is 1. The number of non-ortho nitro benzene ring substituents is 1. The van der Waals surface area contributed by atoms with Crippen LogP contribution in [0.25, 0.3) is 0 Å². The van der Waals surface area contributed by atoms with Crippen molar-refractivity contribution >= 4 is 27.6 Å². The summed E-state index contributed by atoms with van der Waals surface area (Å²) in [7, 11) is -4.31. The molecule has 0 radical (unpaired) electrons. The molecule has 0 fully saturated rings. The summed E-state index contributed by atoms with van der Waals surface area (Å²) in [6.07, 6.45) is -0.943. The lowest BCUT2D eigenvalue weighted by molar-refractivity contribution is -0.384. The Labute approximate surface area is 118 Å². The highest BCUT2D eigenvalue weighted by molar-refractivity contribution is 7.89. The van der Waals surface area contributed by atoms with Crippen molar-refractivity contribution in [2.45, 2.75) is 17.4 Å². The highest BCUT2D eigenvalue weighted by Gasteiger charge is 2.27. The quantitative estimate of drug-likeness (QED) is 0.459. The largest absolute Gasteiger partial charge is 0.481 e. The third-order valence-electron chi connectivity index (χ3n) is 2.33. The molecule has 0 amide bonds. The summed E-state index contributed by atoms with van der Waals surface area (Å²) >= 11 is 0. The van der Waals surface area contributed by atoms with Crippen LogP contribution in [0, 0.1) is 10.1 Å². The zero-order valence-electron chi connectivity index (χ0n) is 10.3. The number of nitro benzene ring substituents is 1. The van der Waals surface area contributed by atoms with Crippen molar-refractivity contribution in [1.29, 1.82) is 0 Å². The monoisotopic (exact) mass is 318 g/mol. The van der Waals surface area contributed by atoms with Crippen molar-refractivity contribution in [3.8, 4) is 0 Å². The van der Waals surface area contributed by atoms with E-state index >= 15 is 0 Å². The first kappa shape index (κ1) is 16.5. The Morgan fingerprint density at radius 3 is 2.14 bits per heavy atom. The van der Waals surface area contributed by atoms with Gasteiger partial charge in [-0.25, -0.2) is 8.42 Å². The van der Waals surface area contributed by atoms with E-state index in [1.54, 1.807) is 4.72 Å². The smallest absolute Gasteiger partial charge is 0.322 e. The predicted octanol–water partition coefficient (Wildman–Crippen LogP) is -0.199. The molecule has 0 unspecified atom stereocenters. The van der Waals surface area contributed by atoms with Gasteiger partial charge in [-0.15, -0.1) is 0 Å². The second-order valence-electron chi connectivity index (χ2n) is 3.86. The van der Waals surface area contributed by atoms with Gasteiger partial charge in [0.15, 0.2) is 0 Å². The standard InChI is InChI=1S/C10H10N2O8S/c13-9(14)5-8(10(15)16)11-21(19,20)7-3-1-6(2-4-7)12(17)18/h1-4,8,11H,5H2,(H,13,14)(H,15,16)/t8-/m0/s1. The maximum atomic E-state index is 11.9. The maximum absolute atomic E-state index is 11.9. The van der Waals surface area contributed by atoms with Gasteiger partial charge < -0.3 is 10.2 Å². The molecule has 0 aliphatic carbocycles. The van der Waals surface area contributed by atoms with Crippen molar-refractivity contribution in [2.75, 3.05) is 0 Å². The molecule has 1 rings (SSSR count). The average Bonchev–Trinajstić information content (AvgIpc) is 2.37. The SMILES string of the molecule is O=C(O)C[C@H](NS(=O)(=O)c1ccc([N+](=O)[O-])cc1)C(=O)O. The zero-order chi connectivity index (χ0) is 16.2. The van der Waals surface area contributed by atoms with E-state index < -0.39 is 44.2 Å². The number of hydrogen-bond acceptors (Lipinski definition) is 6. The summed E-state index contributed by atoms with van der Waals surface area (Å²) in [5.74, 6) is -3.14. The number of benzene rings is 1. The lowest BCUT2D eigenvalue weighted by Crippen LogP contribution is -2.42. The van der Waals surface area contributed by atoms with Crippen LogP contribution in [0.3, 0.4) is 0 Å². The summed E-state index contributed by atoms with van der Waals surface area (Å²) in [4.78, 5) is 30.6. The van der Waals surface area contributed by atoms with Gasteiger partial charge in [0.2, 0.25) is 10.0 Å². The lowest BCUT2D eigenvalue weighted by Gasteiger charge is -2.12. The first-order valence-electron chi connectivity index (χ1n) is 5.35. The molecule has 1 aromatic carbocycles. The first-order valence-corrected chi connectivity index (χ1v) is 6.83. The zero-order valence-corrected chi connectivity index (χ0v) is 11.1. The molecule has 0 bridgehead atoms. The molecule has 1 aromatic rings. The number of carbonyl (C=O) groups is 2. The van der Waals surface area contributed by atoms with Crippen molar-refractivity contribution in [2.24, 2.45) is 0 Å². The first-order chi connectivity index (χ1) is 9.63. The molecule has 0 heterocycles. The lowest BCUT2D eigenvalue weighted by atomic mass is 10.2. The second kappa shape index (κ2) is 6.28. The Morgan fingerprint density at radius 2 is 1.76 bits per heavy atom. The summed E-state index contributed by atoms with van der Waals surface area (Å²) in [5, 5.41) is 27.7. The van der Waals surface area contributed by atoms with Crippen molar-refractivity contribution in [1.82, 2.24) is 4.72 Å². The normalized spacial score (nSPS) is 12.6. The van der Waals surface area contributed by atoms with Gasteiger partial charge in [0.1, 0.15) is 6.04 Å². The van der Waals surface area contributed by atoms with Crippen LogP contribution < -0.4 is 4.72 Å². The van der Waals surface area contributed by atoms with Gasteiger partial charge in [0, 0.05) is 12.1 Å². The van der Waals surface area contributed by atoms with Gasteiger partial charge in [-0.1, -0.05) is 0 Å². The molecule has 0 saturated heterocycles. The fraction of sp³-hybridized carbons (Fsp3) is 0.200. The second-order valence-corrected chi connectivity index (χ2v) is 5.57. The number of sulfonamides is 1. The van der Waals surface area contributed by atoms with Crippen molar-refractivity contribution in [3.63, 3.8) is 0 Å². The van der Waals surface area contributed by atoms with Gasteiger partial charge >= 0.3 is 11.9 Å². The Bertz CT molecular complexity index is 667. The molecular weight excluding hydrogens is 308 g/mol. The van der Waals surface area contributed by atoms with Crippen LogP contribution >= 0.6 is 0 Å². The van der Waals surface area contributed by atoms with Gasteiger partial charge in [-0.05, 0) is 12.1 Å². The number of carboxylic acid groups (broad SMARTS) is 2. The fourth-order valence-electron chi connectivity index (χ4n) is 1.36. The molecule has 114 valence electrons. The van der Waals surface area contributed by atoms with Crippen LogP contribution in [0.5, 0.6) is 0 Å². The molecule has 0 aromatic heterocycles. The Balaban J connectivity index is 3.01. The number of rotatable bonds is 7. The van der Waals surface area contributed by atoms with E-state index in [1.165, 1.54) is 0 Å². The molecule has 21 heavy (non-hydrogen) atoms. The summed E-state index contributed by atoms with van der Waals surface area (Å²) < 4.78 is 25.5. The Hall–Kier alpha value is -2.53. The number of nitrogens with one attached hydrogen (secondary N) is 1. The molecule has 3 N–H and O–H groups in total. The topological polar surface area (TPSA) is 164 Å². The fourth-order valence-corrected chi connectivity index (χ4v) is 2.55. The third kappa shape index (κ3) is 4.50. The molecular formula is C10H10N2O8S.